The van der Waals surface area contributed by atoms with Crippen LogP contribution >= 0.6 is 0 Å². The normalized spacial score (nSPS) is 24.0. The van der Waals surface area contributed by atoms with Crippen molar-refractivity contribution < 1.29 is 14.6 Å². The molecule has 2 fully saturated rings. The van der Waals surface area contributed by atoms with Gasteiger partial charge in [0.1, 0.15) is 12.4 Å². The first-order chi connectivity index (χ1) is 10.7. The topological polar surface area (TPSA) is 76.8 Å². The molecule has 2 bridgehead atoms. The Labute approximate surface area is 129 Å². The third-order valence-electron chi connectivity index (χ3n) is 4.51. The minimum absolute atomic E-state index is 0.319. The molecule has 0 saturated carbocycles. The van der Waals surface area contributed by atoms with Crippen molar-refractivity contribution in [3.8, 4) is 11.8 Å². The van der Waals surface area contributed by atoms with Gasteiger partial charge in [-0.05, 0) is 37.1 Å². The van der Waals surface area contributed by atoms with Gasteiger partial charge in [-0.1, -0.05) is 0 Å². The maximum Gasteiger partial charge on any atom is 0.407 e. The standard InChI is InChI=1S/C16H19N3O3/c17-9-12-1-5-15(6-2-12)22-8-7-19-13-3-4-14(19)11-18(10-13)16(20)21/h1-2,5-6,13-14H,3-4,7-8,10-11H2,(H,20,21). The minimum atomic E-state index is -0.814. The smallest absolute Gasteiger partial charge is 0.407 e. The fraction of sp³-hybridized carbons (Fsp3) is 0.500. The van der Waals surface area contributed by atoms with Crippen molar-refractivity contribution in [1.82, 2.24) is 9.80 Å². The molecule has 2 aliphatic heterocycles. The van der Waals surface area contributed by atoms with Crippen LogP contribution in [0.4, 0.5) is 4.79 Å². The first-order valence-corrected chi connectivity index (χ1v) is 7.54. The summed E-state index contributed by atoms with van der Waals surface area (Å²) in [6.07, 6.45) is 1.31. The summed E-state index contributed by atoms with van der Waals surface area (Å²) in [6, 6.07) is 9.80. The molecular weight excluding hydrogens is 282 g/mol. The third-order valence-corrected chi connectivity index (χ3v) is 4.51. The molecule has 1 amide bonds. The lowest BCUT2D eigenvalue weighted by Crippen LogP contribution is -2.55. The molecule has 2 unspecified atom stereocenters. The second kappa shape index (κ2) is 6.24. The summed E-state index contributed by atoms with van der Waals surface area (Å²) >= 11 is 0. The molecule has 0 radical (unpaired) electrons. The second-order valence-corrected chi connectivity index (χ2v) is 5.80. The van der Waals surface area contributed by atoms with E-state index in [4.69, 9.17) is 15.1 Å². The fourth-order valence-corrected chi connectivity index (χ4v) is 3.41. The van der Waals surface area contributed by atoms with Gasteiger partial charge in [0.05, 0.1) is 11.6 Å². The van der Waals surface area contributed by atoms with Crippen LogP contribution in [-0.2, 0) is 0 Å². The molecule has 0 aromatic heterocycles. The highest BCUT2D eigenvalue weighted by Crippen LogP contribution is 2.29. The van der Waals surface area contributed by atoms with Gasteiger partial charge in [-0.3, -0.25) is 4.90 Å². The highest BCUT2D eigenvalue weighted by molar-refractivity contribution is 5.65. The number of likely N-dealkylation sites (tertiary alicyclic amines) is 1. The summed E-state index contributed by atoms with van der Waals surface area (Å²) in [4.78, 5) is 15.0. The molecule has 6 heteroatoms. The Kier molecular flexibility index (Phi) is 4.16. The molecule has 3 rings (SSSR count). The number of benzene rings is 1. The van der Waals surface area contributed by atoms with Crippen molar-refractivity contribution >= 4 is 6.09 Å². The highest BCUT2D eigenvalue weighted by atomic mass is 16.5. The molecule has 116 valence electrons. The number of piperazine rings is 1. The van der Waals surface area contributed by atoms with Gasteiger partial charge >= 0.3 is 6.09 Å². The largest absolute Gasteiger partial charge is 0.492 e. The van der Waals surface area contributed by atoms with Gasteiger partial charge in [0.2, 0.25) is 0 Å². The van der Waals surface area contributed by atoms with E-state index in [-0.39, 0.29) is 0 Å². The predicted molar refractivity (Wildman–Crippen MR) is 79.8 cm³/mol. The van der Waals surface area contributed by atoms with Gasteiger partial charge < -0.3 is 14.7 Å². The van der Waals surface area contributed by atoms with Gasteiger partial charge in [-0.15, -0.1) is 0 Å². The summed E-state index contributed by atoms with van der Waals surface area (Å²) in [6.45, 7) is 2.58. The molecule has 1 aromatic rings. The molecule has 6 nitrogen and oxygen atoms in total. The lowest BCUT2D eigenvalue weighted by molar-refractivity contribution is 0.0547. The fourth-order valence-electron chi connectivity index (χ4n) is 3.41. The first kappa shape index (κ1) is 14.7. The summed E-state index contributed by atoms with van der Waals surface area (Å²) < 4.78 is 5.73. The quantitative estimate of drug-likeness (QED) is 0.917. The Morgan fingerprint density at radius 3 is 2.45 bits per heavy atom. The number of carboxylic acid groups (broad SMARTS) is 1. The van der Waals surface area contributed by atoms with Crippen LogP contribution in [0.3, 0.4) is 0 Å². The lowest BCUT2D eigenvalue weighted by atomic mass is 10.2. The molecule has 1 N–H and O–H groups in total. The lowest BCUT2D eigenvalue weighted by Gasteiger charge is -2.39. The molecule has 2 atom stereocenters. The minimum Gasteiger partial charge on any atom is -0.492 e. The Morgan fingerprint density at radius 2 is 1.91 bits per heavy atom. The second-order valence-electron chi connectivity index (χ2n) is 5.80. The van der Waals surface area contributed by atoms with Crippen LogP contribution in [0.25, 0.3) is 0 Å². The molecule has 0 spiro atoms. The Hall–Kier alpha value is -2.26. The van der Waals surface area contributed by atoms with Crippen molar-refractivity contribution in [2.75, 3.05) is 26.2 Å². The van der Waals surface area contributed by atoms with E-state index in [1.54, 1.807) is 24.3 Å². The molecule has 1 aromatic carbocycles. The number of hydrogen-bond donors (Lipinski definition) is 1. The number of nitrogens with zero attached hydrogens (tertiary/aromatic N) is 3. The van der Waals surface area contributed by atoms with Crippen molar-refractivity contribution in [2.45, 2.75) is 24.9 Å². The molecule has 2 saturated heterocycles. The van der Waals surface area contributed by atoms with Crippen LogP contribution < -0.4 is 4.74 Å². The predicted octanol–water partition coefficient (Wildman–Crippen LogP) is 1.76. The van der Waals surface area contributed by atoms with Gasteiger partial charge in [-0.25, -0.2) is 4.79 Å². The number of hydrogen-bond acceptors (Lipinski definition) is 4. The van der Waals surface area contributed by atoms with Gasteiger partial charge in [0.15, 0.2) is 0 Å². The van der Waals surface area contributed by atoms with E-state index in [0.29, 0.717) is 37.3 Å². The summed E-state index contributed by atoms with van der Waals surface area (Å²) in [5.74, 6) is 0.760. The van der Waals surface area contributed by atoms with Crippen molar-refractivity contribution in [3.63, 3.8) is 0 Å². The van der Waals surface area contributed by atoms with E-state index in [9.17, 15) is 4.79 Å². The number of nitriles is 1. The number of rotatable bonds is 4. The molecule has 22 heavy (non-hydrogen) atoms. The summed E-state index contributed by atoms with van der Waals surface area (Å²) in [7, 11) is 0. The van der Waals surface area contributed by atoms with E-state index in [0.717, 1.165) is 25.1 Å². The van der Waals surface area contributed by atoms with Gasteiger partial charge in [0.25, 0.3) is 0 Å². The maximum atomic E-state index is 11.1. The van der Waals surface area contributed by atoms with E-state index in [2.05, 4.69) is 11.0 Å². The Morgan fingerprint density at radius 1 is 1.27 bits per heavy atom. The van der Waals surface area contributed by atoms with Crippen molar-refractivity contribution in [1.29, 1.82) is 5.26 Å². The first-order valence-electron chi connectivity index (χ1n) is 7.54. The van der Waals surface area contributed by atoms with Crippen molar-refractivity contribution in [2.24, 2.45) is 0 Å². The Balaban J connectivity index is 1.50. The maximum absolute atomic E-state index is 11.1. The van der Waals surface area contributed by atoms with E-state index in [1.165, 1.54) is 4.90 Å². The van der Waals surface area contributed by atoms with Gasteiger partial charge in [0, 0.05) is 31.7 Å². The SMILES string of the molecule is N#Cc1ccc(OCCN2C3CCC2CN(C(=O)O)C3)cc1. The molecule has 2 aliphatic rings. The average molecular weight is 301 g/mol. The zero-order valence-corrected chi connectivity index (χ0v) is 12.3. The van der Waals surface area contributed by atoms with Crippen molar-refractivity contribution in [3.05, 3.63) is 29.8 Å². The van der Waals surface area contributed by atoms with Crippen LogP contribution in [0, 0.1) is 11.3 Å². The van der Waals surface area contributed by atoms with Crippen LogP contribution in [-0.4, -0.2) is 59.3 Å². The molecule has 0 aliphatic carbocycles. The highest BCUT2D eigenvalue weighted by Gasteiger charge is 2.40. The van der Waals surface area contributed by atoms with E-state index < -0.39 is 6.09 Å². The zero-order valence-electron chi connectivity index (χ0n) is 12.3. The van der Waals surface area contributed by atoms with E-state index >= 15 is 0 Å². The van der Waals surface area contributed by atoms with Gasteiger partial charge in [-0.2, -0.15) is 5.26 Å². The third kappa shape index (κ3) is 3.00. The van der Waals surface area contributed by atoms with Crippen LogP contribution in [0.5, 0.6) is 5.75 Å². The van der Waals surface area contributed by atoms with Crippen LogP contribution in [0.2, 0.25) is 0 Å². The van der Waals surface area contributed by atoms with E-state index in [1.807, 2.05) is 0 Å². The van der Waals surface area contributed by atoms with Crippen LogP contribution in [0.15, 0.2) is 24.3 Å². The Bertz CT molecular complexity index is 567. The summed E-state index contributed by atoms with van der Waals surface area (Å²) in [5.41, 5.74) is 0.621. The number of carbonyl (C=O) groups is 1. The number of ether oxygens (including phenoxy) is 1. The molecular formula is C16H19N3O3. The average Bonchev–Trinajstić information content (AvgIpc) is 2.76. The monoisotopic (exact) mass is 301 g/mol. The number of amides is 1. The zero-order chi connectivity index (χ0) is 15.5. The number of fused-ring (bicyclic) bond motifs is 2. The summed E-state index contributed by atoms with van der Waals surface area (Å²) in [5, 5.41) is 17.9. The molecule has 2 heterocycles. The van der Waals surface area contributed by atoms with Crippen LogP contribution in [0.1, 0.15) is 18.4 Å².